The fraction of sp³-hybridized carbons (Fsp3) is 0.263. The zero-order valence-electron chi connectivity index (χ0n) is 14.4. The fourth-order valence-electron chi connectivity index (χ4n) is 3.15. The van der Waals surface area contributed by atoms with Gasteiger partial charge in [-0.25, -0.2) is 0 Å². The predicted molar refractivity (Wildman–Crippen MR) is 108 cm³/mol. The molecule has 0 radical (unpaired) electrons. The van der Waals surface area contributed by atoms with Gasteiger partial charge in [-0.05, 0) is 42.9 Å². The summed E-state index contributed by atoms with van der Waals surface area (Å²) in [5, 5.41) is 3.95. The molecule has 3 aromatic rings. The van der Waals surface area contributed by atoms with Gasteiger partial charge in [-0.2, -0.15) is 11.8 Å². The van der Waals surface area contributed by atoms with E-state index in [0.717, 1.165) is 28.5 Å². The number of fused-ring (bicyclic) bond motifs is 1. The van der Waals surface area contributed by atoms with Crippen LogP contribution < -0.4 is 10.9 Å². The average molecular weight is 386 g/mol. The molecule has 1 N–H and O–H groups in total. The molecular weight excluding hydrogens is 366 g/mol. The lowest BCUT2D eigenvalue weighted by Crippen LogP contribution is -2.21. The number of rotatable bonds is 4. The maximum Gasteiger partial charge on any atom is 0.259 e. The molecule has 4 heterocycles. The lowest BCUT2D eigenvalue weighted by molar-refractivity contribution is 0.102. The molecule has 5 nitrogen and oxygen atoms in total. The number of nitrogens with zero attached hydrogens (tertiary/aromatic N) is 2. The first-order valence-corrected chi connectivity index (χ1v) is 10.5. The van der Waals surface area contributed by atoms with E-state index >= 15 is 0 Å². The third-order valence-electron chi connectivity index (χ3n) is 4.45. The highest BCUT2D eigenvalue weighted by atomic mass is 32.2. The smallest absolute Gasteiger partial charge is 0.259 e. The van der Waals surface area contributed by atoms with Gasteiger partial charge in [0.15, 0.2) is 0 Å². The Kier molecular flexibility index (Phi) is 4.74. The second kappa shape index (κ2) is 7.17. The van der Waals surface area contributed by atoms with Gasteiger partial charge >= 0.3 is 0 Å². The highest BCUT2D eigenvalue weighted by molar-refractivity contribution is 7.98. The summed E-state index contributed by atoms with van der Waals surface area (Å²) in [5.74, 6) is 1.89. The summed E-state index contributed by atoms with van der Waals surface area (Å²) >= 11 is 3.61. The molecule has 0 spiro atoms. The molecule has 0 aromatic carbocycles. The molecule has 0 bridgehead atoms. The number of hydrogen-bond acceptors (Lipinski definition) is 4. The van der Waals surface area contributed by atoms with Gasteiger partial charge in [-0.1, -0.05) is 0 Å². The van der Waals surface area contributed by atoms with Crippen LogP contribution in [-0.2, 0) is 18.7 Å². The summed E-state index contributed by atoms with van der Waals surface area (Å²) in [6.07, 6.45) is 6.55. The van der Waals surface area contributed by atoms with E-state index in [1.807, 2.05) is 47.8 Å². The molecule has 26 heavy (non-hydrogen) atoms. The lowest BCUT2D eigenvalue weighted by atomic mass is 10.1. The number of carbonyl (C=O) groups is 1. The van der Waals surface area contributed by atoms with E-state index in [4.69, 9.17) is 0 Å². The van der Waals surface area contributed by atoms with E-state index in [1.54, 1.807) is 28.2 Å². The lowest BCUT2D eigenvalue weighted by Gasteiger charge is -2.13. The molecule has 134 valence electrons. The van der Waals surface area contributed by atoms with Crippen LogP contribution in [0.4, 0.5) is 5.69 Å². The zero-order valence-corrected chi connectivity index (χ0v) is 16.0. The van der Waals surface area contributed by atoms with Crippen molar-refractivity contribution >= 4 is 34.7 Å². The molecule has 0 aliphatic carbocycles. The topological polar surface area (TPSA) is 56.0 Å². The number of aryl methyl sites for hydroxylation is 1. The number of hydrogen-bond donors (Lipinski definition) is 1. The van der Waals surface area contributed by atoms with Crippen molar-refractivity contribution in [2.24, 2.45) is 0 Å². The highest BCUT2D eigenvalue weighted by Gasteiger charge is 2.26. The Hall–Kier alpha value is -2.25. The van der Waals surface area contributed by atoms with Crippen LogP contribution in [0.3, 0.4) is 0 Å². The zero-order chi connectivity index (χ0) is 18.1. The van der Waals surface area contributed by atoms with Crippen molar-refractivity contribution in [1.82, 2.24) is 9.13 Å². The Balaban J connectivity index is 1.73. The van der Waals surface area contributed by atoms with Crippen LogP contribution in [-0.4, -0.2) is 20.8 Å². The van der Waals surface area contributed by atoms with Gasteiger partial charge in [0.25, 0.3) is 11.5 Å². The Morgan fingerprint density at radius 3 is 2.85 bits per heavy atom. The number of pyridine rings is 1. The molecule has 1 aliphatic heterocycles. The molecule has 0 saturated heterocycles. The molecule has 0 fully saturated rings. The first-order valence-electron chi connectivity index (χ1n) is 8.55. The first kappa shape index (κ1) is 17.2. The molecule has 7 heteroatoms. The summed E-state index contributed by atoms with van der Waals surface area (Å²) < 4.78 is 3.59. The van der Waals surface area contributed by atoms with E-state index in [0.29, 0.717) is 12.2 Å². The summed E-state index contributed by atoms with van der Waals surface area (Å²) in [4.78, 5) is 26.2. The number of carbonyl (C=O) groups excluding carboxylic acids is 1. The van der Waals surface area contributed by atoms with E-state index in [-0.39, 0.29) is 11.5 Å². The summed E-state index contributed by atoms with van der Waals surface area (Å²) in [6, 6.07) is 7.08. The third kappa shape index (κ3) is 3.12. The molecule has 1 aliphatic rings. The SMILES string of the molecule is CCn1cc(NC(=O)c2c(-n3cccc3)sc3c2CCSC3)ccc1=O. The van der Waals surface area contributed by atoms with Crippen molar-refractivity contribution in [2.45, 2.75) is 25.6 Å². The molecular formula is C19H19N3O2S2. The molecule has 0 saturated carbocycles. The minimum absolute atomic E-state index is 0.0662. The summed E-state index contributed by atoms with van der Waals surface area (Å²) in [7, 11) is 0. The Morgan fingerprint density at radius 2 is 2.08 bits per heavy atom. The largest absolute Gasteiger partial charge is 0.321 e. The molecule has 0 atom stereocenters. The van der Waals surface area contributed by atoms with Gasteiger partial charge < -0.3 is 14.5 Å². The average Bonchev–Trinajstić information content (AvgIpc) is 3.30. The van der Waals surface area contributed by atoms with Crippen LogP contribution in [0.1, 0.15) is 27.7 Å². The summed E-state index contributed by atoms with van der Waals surface area (Å²) in [5.41, 5.74) is 2.50. The van der Waals surface area contributed by atoms with Crippen molar-refractivity contribution in [2.75, 3.05) is 11.1 Å². The number of thiophene rings is 1. The van der Waals surface area contributed by atoms with Crippen molar-refractivity contribution in [3.8, 4) is 5.00 Å². The molecule has 0 unspecified atom stereocenters. The third-order valence-corrected chi connectivity index (χ3v) is 6.86. The van der Waals surface area contributed by atoms with Crippen molar-refractivity contribution in [3.63, 3.8) is 0 Å². The fourth-order valence-corrected chi connectivity index (χ4v) is 5.59. The van der Waals surface area contributed by atoms with Gasteiger partial charge in [-0.3, -0.25) is 9.59 Å². The Bertz CT molecular complexity index is 1000. The van der Waals surface area contributed by atoms with Crippen LogP contribution in [0.25, 0.3) is 5.00 Å². The van der Waals surface area contributed by atoms with Gasteiger partial charge in [0.1, 0.15) is 5.00 Å². The van der Waals surface area contributed by atoms with Gasteiger partial charge in [0.2, 0.25) is 0 Å². The number of nitrogens with one attached hydrogen (secondary N) is 1. The minimum Gasteiger partial charge on any atom is -0.321 e. The number of amides is 1. The van der Waals surface area contributed by atoms with Crippen molar-refractivity contribution in [3.05, 3.63) is 69.2 Å². The van der Waals surface area contributed by atoms with Crippen LogP contribution >= 0.6 is 23.1 Å². The molecule has 3 aromatic heterocycles. The van der Waals surface area contributed by atoms with Crippen LogP contribution in [0.5, 0.6) is 0 Å². The monoisotopic (exact) mass is 385 g/mol. The van der Waals surface area contributed by atoms with Crippen molar-refractivity contribution < 1.29 is 4.79 Å². The van der Waals surface area contributed by atoms with Crippen LogP contribution in [0.2, 0.25) is 0 Å². The van der Waals surface area contributed by atoms with E-state index in [2.05, 4.69) is 5.32 Å². The second-order valence-corrected chi connectivity index (χ2v) is 8.26. The van der Waals surface area contributed by atoms with Gasteiger partial charge in [0, 0.05) is 41.8 Å². The molecule has 1 amide bonds. The second-order valence-electron chi connectivity index (χ2n) is 6.07. The van der Waals surface area contributed by atoms with E-state index in [9.17, 15) is 9.59 Å². The predicted octanol–water partition coefficient (Wildman–Crippen LogP) is 3.76. The quantitative estimate of drug-likeness (QED) is 0.744. The van der Waals surface area contributed by atoms with Gasteiger partial charge in [-0.15, -0.1) is 11.3 Å². The van der Waals surface area contributed by atoms with Crippen LogP contribution in [0, 0.1) is 0 Å². The standard InChI is InChI=1S/C19H19N3O2S2/c1-2-21-11-13(5-6-16(21)23)20-18(24)17-14-7-10-25-12-15(14)26-19(17)22-8-3-4-9-22/h3-6,8-9,11H,2,7,10,12H2,1H3,(H,20,24). The van der Waals surface area contributed by atoms with Crippen LogP contribution in [0.15, 0.2) is 47.7 Å². The Labute approximate surface area is 159 Å². The normalized spacial score (nSPS) is 13.4. The molecule has 4 rings (SSSR count). The van der Waals surface area contributed by atoms with Gasteiger partial charge in [0.05, 0.1) is 11.3 Å². The minimum atomic E-state index is -0.112. The Morgan fingerprint density at radius 1 is 1.27 bits per heavy atom. The number of anilines is 1. The summed E-state index contributed by atoms with van der Waals surface area (Å²) in [6.45, 7) is 2.48. The van der Waals surface area contributed by atoms with E-state index < -0.39 is 0 Å². The van der Waals surface area contributed by atoms with Crippen molar-refractivity contribution in [1.29, 1.82) is 0 Å². The highest BCUT2D eigenvalue weighted by Crippen LogP contribution is 2.38. The maximum atomic E-state index is 13.1. The number of thioether (sulfide) groups is 1. The first-order chi connectivity index (χ1) is 12.7. The maximum absolute atomic E-state index is 13.1. The number of aromatic nitrogens is 2. The van der Waals surface area contributed by atoms with E-state index in [1.165, 1.54) is 16.5 Å².